The van der Waals surface area contributed by atoms with Crippen LogP contribution in [0.1, 0.15) is 57.1 Å². The highest BCUT2D eigenvalue weighted by atomic mass is 16.5. The number of carbonyl (C=O) groups excluding carboxylic acids is 2. The number of amides is 2. The third-order valence-corrected chi connectivity index (χ3v) is 5.52. The quantitative estimate of drug-likeness (QED) is 0.893. The third-order valence-electron chi connectivity index (χ3n) is 5.52. The van der Waals surface area contributed by atoms with E-state index in [1.54, 1.807) is 7.11 Å². The number of nitrogens with zero attached hydrogens (tertiary/aromatic N) is 1. The van der Waals surface area contributed by atoms with E-state index in [2.05, 4.69) is 5.32 Å². The molecule has 0 unspecified atom stereocenters. The lowest BCUT2D eigenvalue weighted by Crippen LogP contribution is -2.41. The monoisotopic (exact) mass is 344 g/mol. The number of hydrogen-bond donors (Lipinski definition) is 1. The Morgan fingerprint density at radius 2 is 1.96 bits per heavy atom. The van der Waals surface area contributed by atoms with E-state index >= 15 is 0 Å². The molecule has 25 heavy (non-hydrogen) atoms. The van der Waals surface area contributed by atoms with Gasteiger partial charge < -0.3 is 15.0 Å². The van der Waals surface area contributed by atoms with Gasteiger partial charge in [-0.1, -0.05) is 37.5 Å². The molecule has 1 aliphatic heterocycles. The van der Waals surface area contributed by atoms with Crippen LogP contribution in [-0.2, 0) is 9.59 Å². The van der Waals surface area contributed by atoms with Crippen molar-refractivity contribution in [3.8, 4) is 5.75 Å². The van der Waals surface area contributed by atoms with Gasteiger partial charge in [-0.3, -0.25) is 9.59 Å². The van der Waals surface area contributed by atoms with Gasteiger partial charge in [-0.15, -0.1) is 0 Å². The molecule has 2 amide bonds. The van der Waals surface area contributed by atoms with Crippen molar-refractivity contribution in [1.29, 1.82) is 0 Å². The van der Waals surface area contributed by atoms with Crippen molar-refractivity contribution >= 4 is 11.8 Å². The molecular weight excluding hydrogens is 316 g/mol. The van der Waals surface area contributed by atoms with E-state index in [-0.39, 0.29) is 36.2 Å². The SMILES string of the molecule is CCN1C(=O)C[C@@H](C(=O)NC2CCCCC2)[C@@H]1c1ccccc1OC. The standard InChI is InChI=1S/C20H28N2O3/c1-3-22-18(23)13-16(20(24)21-14-9-5-4-6-10-14)19(22)15-11-7-8-12-17(15)25-2/h7-8,11-12,14,16,19H,3-6,9-10,13H2,1-2H3,(H,21,24)/t16-,19+/m1/s1. The van der Waals surface area contributed by atoms with Crippen molar-refractivity contribution < 1.29 is 14.3 Å². The van der Waals surface area contributed by atoms with Gasteiger partial charge in [0.15, 0.2) is 0 Å². The van der Waals surface area contributed by atoms with Gasteiger partial charge in [0.1, 0.15) is 5.75 Å². The van der Waals surface area contributed by atoms with Crippen LogP contribution in [-0.4, -0.2) is 36.4 Å². The van der Waals surface area contributed by atoms with E-state index in [0.717, 1.165) is 24.2 Å². The van der Waals surface area contributed by atoms with Crippen molar-refractivity contribution in [2.45, 2.75) is 57.5 Å². The second-order valence-electron chi connectivity index (χ2n) is 7.02. The molecule has 5 nitrogen and oxygen atoms in total. The summed E-state index contributed by atoms with van der Waals surface area (Å²) < 4.78 is 5.49. The predicted octanol–water partition coefficient (Wildman–Crippen LogP) is 3.05. The minimum absolute atomic E-state index is 0.00658. The second kappa shape index (κ2) is 7.89. The van der Waals surface area contributed by atoms with Crippen LogP contribution in [0.25, 0.3) is 0 Å². The number of methoxy groups -OCH3 is 1. The van der Waals surface area contributed by atoms with E-state index in [1.165, 1.54) is 19.3 Å². The molecule has 5 heteroatoms. The van der Waals surface area contributed by atoms with Crippen molar-refractivity contribution in [3.63, 3.8) is 0 Å². The van der Waals surface area contributed by atoms with Crippen LogP contribution in [0.4, 0.5) is 0 Å². The molecule has 2 aliphatic rings. The summed E-state index contributed by atoms with van der Waals surface area (Å²) in [6.07, 6.45) is 5.96. The molecular formula is C20H28N2O3. The van der Waals surface area contributed by atoms with Crippen LogP contribution >= 0.6 is 0 Å². The molecule has 0 radical (unpaired) electrons. The van der Waals surface area contributed by atoms with Gasteiger partial charge in [0.2, 0.25) is 11.8 Å². The van der Waals surface area contributed by atoms with Crippen LogP contribution in [0.2, 0.25) is 0 Å². The molecule has 2 fully saturated rings. The summed E-state index contributed by atoms with van der Waals surface area (Å²) in [7, 11) is 1.63. The van der Waals surface area contributed by atoms with Gasteiger partial charge in [-0.05, 0) is 25.8 Å². The lowest BCUT2D eigenvalue weighted by molar-refractivity contribution is -0.129. The first-order valence-corrected chi connectivity index (χ1v) is 9.38. The molecule has 0 spiro atoms. The van der Waals surface area contributed by atoms with Crippen LogP contribution in [0.15, 0.2) is 24.3 Å². The van der Waals surface area contributed by atoms with E-state index in [9.17, 15) is 9.59 Å². The van der Waals surface area contributed by atoms with E-state index in [1.807, 2.05) is 36.1 Å². The average molecular weight is 344 g/mol. The number of likely N-dealkylation sites (tertiary alicyclic amines) is 1. The molecule has 1 saturated heterocycles. The molecule has 1 aliphatic carbocycles. The minimum atomic E-state index is -0.356. The van der Waals surface area contributed by atoms with Crippen molar-refractivity contribution in [1.82, 2.24) is 10.2 Å². The summed E-state index contributed by atoms with van der Waals surface area (Å²) >= 11 is 0. The van der Waals surface area contributed by atoms with Crippen LogP contribution < -0.4 is 10.1 Å². The maximum Gasteiger partial charge on any atom is 0.226 e. The fraction of sp³-hybridized carbons (Fsp3) is 0.600. The Morgan fingerprint density at radius 1 is 1.24 bits per heavy atom. The first kappa shape index (κ1) is 17.8. The number of nitrogens with one attached hydrogen (secondary N) is 1. The highest BCUT2D eigenvalue weighted by Crippen LogP contribution is 2.41. The second-order valence-corrected chi connectivity index (χ2v) is 7.02. The Morgan fingerprint density at radius 3 is 2.64 bits per heavy atom. The zero-order valence-corrected chi connectivity index (χ0v) is 15.2. The fourth-order valence-corrected chi connectivity index (χ4v) is 4.25. The molecule has 1 heterocycles. The number of benzene rings is 1. The fourth-order valence-electron chi connectivity index (χ4n) is 4.25. The zero-order valence-electron chi connectivity index (χ0n) is 15.2. The highest BCUT2D eigenvalue weighted by Gasteiger charge is 2.45. The Balaban J connectivity index is 1.85. The Bertz CT molecular complexity index is 625. The molecule has 1 N–H and O–H groups in total. The number of rotatable bonds is 5. The number of carbonyl (C=O) groups is 2. The Labute approximate surface area is 149 Å². The summed E-state index contributed by atoms with van der Waals surface area (Å²) in [6.45, 7) is 2.55. The summed E-state index contributed by atoms with van der Waals surface area (Å²) in [5, 5.41) is 3.20. The van der Waals surface area contributed by atoms with E-state index in [4.69, 9.17) is 4.74 Å². The summed E-state index contributed by atoms with van der Waals surface area (Å²) in [5.74, 6) is 0.427. The van der Waals surface area contributed by atoms with Gasteiger partial charge in [-0.25, -0.2) is 0 Å². The number of hydrogen-bond acceptors (Lipinski definition) is 3. The summed E-state index contributed by atoms with van der Waals surface area (Å²) in [6, 6.07) is 7.70. The van der Waals surface area contributed by atoms with E-state index < -0.39 is 0 Å². The zero-order chi connectivity index (χ0) is 17.8. The van der Waals surface area contributed by atoms with Crippen LogP contribution in [0.3, 0.4) is 0 Å². The highest BCUT2D eigenvalue weighted by molar-refractivity contribution is 5.90. The Hall–Kier alpha value is -2.04. The van der Waals surface area contributed by atoms with Crippen molar-refractivity contribution in [3.05, 3.63) is 29.8 Å². The normalized spacial score (nSPS) is 24.4. The van der Waals surface area contributed by atoms with Gasteiger partial charge in [0, 0.05) is 24.6 Å². The molecule has 1 saturated carbocycles. The van der Waals surface area contributed by atoms with Gasteiger partial charge in [0.25, 0.3) is 0 Å². The van der Waals surface area contributed by atoms with Gasteiger partial charge >= 0.3 is 0 Å². The minimum Gasteiger partial charge on any atom is -0.496 e. The lowest BCUT2D eigenvalue weighted by atomic mass is 9.90. The lowest BCUT2D eigenvalue weighted by Gasteiger charge is -2.30. The third kappa shape index (κ3) is 3.65. The first-order chi connectivity index (χ1) is 12.2. The van der Waals surface area contributed by atoms with Crippen LogP contribution in [0.5, 0.6) is 5.75 Å². The predicted molar refractivity (Wildman–Crippen MR) is 96.2 cm³/mol. The largest absolute Gasteiger partial charge is 0.496 e. The molecule has 0 aromatic heterocycles. The average Bonchev–Trinajstić information content (AvgIpc) is 2.98. The first-order valence-electron chi connectivity index (χ1n) is 9.38. The molecule has 0 bridgehead atoms. The molecule has 2 atom stereocenters. The topological polar surface area (TPSA) is 58.6 Å². The van der Waals surface area contributed by atoms with Gasteiger partial charge in [0.05, 0.1) is 19.1 Å². The van der Waals surface area contributed by atoms with Gasteiger partial charge in [-0.2, -0.15) is 0 Å². The summed E-state index contributed by atoms with van der Waals surface area (Å²) in [5.41, 5.74) is 0.918. The van der Waals surface area contributed by atoms with Crippen molar-refractivity contribution in [2.75, 3.05) is 13.7 Å². The van der Waals surface area contributed by atoms with E-state index in [0.29, 0.717) is 6.54 Å². The molecule has 3 rings (SSSR count). The molecule has 136 valence electrons. The molecule has 1 aromatic rings. The maximum atomic E-state index is 13.0. The van der Waals surface area contributed by atoms with Crippen molar-refractivity contribution in [2.24, 2.45) is 5.92 Å². The smallest absolute Gasteiger partial charge is 0.226 e. The molecule has 1 aromatic carbocycles. The van der Waals surface area contributed by atoms with Crippen LogP contribution in [0, 0.1) is 5.92 Å². The summed E-state index contributed by atoms with van der Waals surface area (Å²) in [4.78, 5) is 27.3. The number of para-hydroxylation sites is 1. The Kier molecular flexibility index (Phi) is 5.61. The maximum absolute atomic E-state index is 13.0. The number of ether oxygens (including phenoxy) is 1.